The number of nitrogens with one attached hydrogen (secondary N) is 1. The van der Waals surface area contributed by atoms with Gasteiger partial charge < -0.3 is 15.2 Å². The maximum atomic E-state index is 10.1. The maximum Gasteiger partial charge on any atom is 0.125 e. The number of benzene rings is 1. The highest BCUT2D eigenvalue weighted by Crippen LogP contribution is 2.31. The molecule has 1 unspecified atom stereocenters. The van der Waals surface area contributed by atoms with Gasteiger partial charge in [0.1, 0.15) is 5.75 Å². The molecular weight excluding hydrogens is 294 g/mol. The number of aliphatic hydroxyl groups excluding tert-OH is 1. The average Bonchev–Trinajstić information content (AvgIpc) is 2.29. The van der Waals surface area contributed by atoms with Crippen molar-refractivity contribution in [2.45, 2.75) is 25.4 Å². The second-order valence-electron chi connectivity index (χ2n) is 4.86. The first-order valence-corrected chi connectivity index (χ1v) is 7.25. The highest BCUT2D eigenvalue weighted by atomic mass is 79.9. The quantitative estimate of drug-likeness (QED) is 0.848. The average molecular weight is 314 g/mol. The van der Waals surface area contributed by atoms with Crippen LogP contribution in [0, 0.1) is 5.92 Å². The lowest BCUT2D eigenvalue weighted by atomic mass is 9.86. The van der Waals surface area contributed by atoms with Crippen molar-refractivity contribution in [3.8, 4) is 5.75 Å². The zero-order valence-electron chi connectivity index (χ0n) is 10.7. The molecule has 4 heteroatoms. The summed E-state index contributed by atoms with van der Waals surface area (Å²) in [6.07, 6.45) is 3.32. The molecule has 0 saturated heterocycles. The van der Waals surface area contributed by atoms with E-state index in [0.717, 1.165) is 22.4 Å². The lowest BCUT2D eigenvalue weighted by molar-refractivity contribution is 0.155. The number of aliphatic hydroxyl groups is 1. The Hall–Kier alpha value is -0.580. The van der Waals surface area contributed by atoms with Crippen molar-refractivity contribution in [3.63, 3.8) is 0 Å². The van der Waals surface area contributed by atoms with E-state index in [1.807, 2.05) is 25.2 Å². The summed E-state index contributed by atoms with van der Waals surface area (Å²) in [5.74, 6) is 1.50. The van der Waals surface area contributed by atoms with Gasteiger partial charge in [-0.15, -0.1) is 0 Å². The molecule has 3 nitrogen and oxygen atoms in total. The molecule has 1 atom stereocenters. The van der Waals surface area contributed by atoms with Crippen LogP contribution in [0.5, 0.6) is 5.75 Å². The van der Waals surface area contributed by atoms with Crippen molar-refractivity contribution in [2.75, 3.05) is 20.2 Å². The van der Waals surface area contributed by atoms with Crippen molar-refractivity contribution in [3.05, 3.63) is 28.2 Å². The van der Waals surface area contributed by atoms with Gasteiger partial charge >= 0.3 is 0 Å². The summed E-state index contributed by atoms with van der Waals surface area (Å²) in [5, 5.41) is 13.1. The lowest BCUT2D eigenvalue weighted by Gasteiger charge is -2.26. The van der Waals surface area contributed by atoms with Gasteiger partial charge in [-0.25, -0.2) is 0 Å². The van der Waals surface area contributed by atoms with E-state index >= 15 is 0 Å². The molecule has 0 aliphatic heterocycles. The molecule has 0 bridgehead atoms. The summed E-state index contributed by atoms with van der Waals surface area (Å²) in [4.78, 5) is 0. The van der Waals surface area contributed by atoms with E-state index in [1.165, 1.54) is 19.3 Å². The van der Waals surface area contributed by atoms with E-state index in [4.69, 9.17) is 4.74 Å². The van der Waals surface area contributed by atoms with E-state index in [-0.39, 0.29) is 0 Å². The van der Waals surface area contributed by atoms with Gasteiger partial charge in [-0.1, -0.05) is 22.4 Å². The van der Waals surface area contributed by atoms with Gasteiger partial charge in [-0.2, -0.15) is 0 Å². The fourth-order valence-electron chi connectivity index (χ4n) is 2.08. The minimum Gasteiger partial charge on any atom is -0.493 e. The number of halogens is 1. The van der Waals surface area contributed by atoms with Crippen LogP contribution in [0.4, 0.5) is 0 Å². The molecule has 2 rings (SSSR count). The third kappa shape index (κ3) is 3.46. The normalized spacial score (nSPS) is 17.3. The molecule has 1 aromatic rings. The van der Waals surface area contributed by atoms with Gasteiger partial charge in [0.25, 0.3) is 0 Å². The van der Waals surface area contributed by atoms with E-state index in [1.54, 1.807) is 0 Å². The third-order valence-corrected chi connectivity index (χ3v) is 3.92. The predicted molar refractivity (Wildman–Crippen MR) is 75.9 cm³/mol. The van der Waals surface area contributed by atoms with Gasteiger partial charge in [0.2, 0.25) is 0 Å². The SMILES string of the molecule is CNCC(O)c1cc(Br)ccc1OCC1CCC1. The fraction of sp³-hybridized carbons (Fsp3) is 0.571. The van der Waals surface area contributed by atoms with Gasteiger partial charge in [0, 0.05) is 16.6 Å². The Morgan fingerprint density at radius 3 is 2.89 bits per heavy atom. The Bertz CT molecular complexity index is 393. The Morgan fingerprint density at radius 2 is 2.28 bits per heavy atom. The molecule has 2 N–H and O–H groups in total. The molecule has 0 heterocycles. The van der Waals surface area contributed by atoms with Crippen LogP contribution in [0.15, 0.2) is 22.7 Å². The van der Waals surface area contributed by atoms with Crippen molar-refractivity contribution in [1.29, 1.82) is 0 Å². The molecule has 0 aromatic heterocycles. The number of ether oxygens (including phenoxy) is 1. The van der Waals surface area contributed by atoms with Crippen molar-refractivity contribution in [1.82, 2.24) is 5.32 Å². The lowest BCUT2D eigenvalue weighted by Crippen LogP contribution is -2.21. The molecule has 1 aromatic carbocycles. The summed E-state index contributed by atoms with van der Waals surface area (Å²) in [6, 6.07) is 5.81. The van der Waals surface area contributed by atoms with Crippen molar-refractivity contribution < 1.29 is 9.84 Å². The minimum absolute atomic E-state index is 0.524. The van der Waals surface area contributed by atoms with Crippen LogP contribution in [0.2, 0.25) is 0 Å². The molecule has 1 aliphatic carbocycles. The van der Waals surface area contributed by atoms with Gasteiger partial charge in [-0.3, -0.25) is 0 Å². The Labute approximate surface area is 117 Å². The first-order chi connectivity index (χ1) is 8.70. The fourth-order valence-corrected chi connectivity index (χ4v) is 2.46. The zero-order chi connectivity index (χ0) is 13.0. The predicted octanol–water partition coefficient (Wildman–Crippen LogP) is 2.88. The number of hydrogen-bond donors (Lipinski definition) is 2. The first kappa shape index (κ1) is 13.8. The largest absolute Gasteiger partial charge is 0.493 e. The van der Waals surface area contributed by atoms with E-state index in [2.05, 4.69) is 21.2 Å². The van der Waals surface area contributed by atoms with Crippen LogP contribution < -0.4 is 10.1 Å². The van der Waals surface area contributed by atoms with E-state index in [0.29, 0.717) is 12.5 Å². The number of likely N-dealkylation sites (N-methyl/N-ethyl adjacent to an activating group) is 1. The zero-order valence-corrected chi connectivity index (χ0v) is 12.2. The second-order valence-corrected chi connectivity index (χ2v) is 5.78. The maximum absolute atomic E-state index is 10.1. The number of rotatable bonds is 6. The molecule has 0 amide bonds. The molecule has 0 radical (unpaired) electrons. The van der Waals surface area contributed by atoms with Crippen LogP contribution in [0.1, 0.15) is 30.9 Å². The van der Waals surface area contributed by atoms with Crippen molar-refractivity contribution >= 4 is 15.9 Å². The Balaban J connectivity index is 2.06. The van der Waals surface area contributed by atoms with Crippen LogP contribution >= 0.6 is 15.9 Å². The first-order valence-electron chi connectivity index (χ1n) is 6.45. The summed E-state index contributed by atoms with van der Waals surface area (Å²) in [5.41, 5.74) is 0.845. The Kier molecular flexibility index (Phi) is 5.03. The summed E-state index contributed by atoms with van der Waals surface area (Å²) >= 11 is 3.43. The van der Waals surface area contributed by atoms with Gasteiger partial charge in [0.05, 0.1) is 12.7 Å². The van der Waals surface area contributed by atoms with Gasteiger partial charge in [-0.05, 0) is 44.0 Å². The highest BCUT2D eigenvalue weighted by molar-refractivity contribution is 9.10. The molecule has 100 valence electrons. The van der Waals surface area contributed by atoms with Crippen LogP contribution in [-0.4, -0.2) is 25.3 Å². The second kappa shape index (κ2) is 6.55. The standard InChI is InChI=1S/C14H20BrNO2/c1-16-8-13(17)12-7-11(15)5-6-14(12)18-9-10-3-2-4-10/h5-7,10,13,16-17H,2-4,8-9H2,1H3. The summed E-state index contributed by atoms with van der Waals surface area (Å²) in [6.45, 7) is 1.29. The minimum atomic E-state index is -0.538. The summed E-state index contributed by atoms with van der Waals surface area (Å²) in [7, 11) is 1.83. The third-order valence-electron chi connectivity index (χ3n) is 3.43. The van der Waals surface area contributed by atoms with Gasteiger partial charge in [0.15, 0.2) is 0 Å². The smallest absolute Gasteiger partial charge is 0.125 e. The van der Waals surface area contributed by atoms with Crippen molar-refractivity contribution in [2.24, 2.45) is 5.92 Å². The van der Waals surface area contributed by atoms with E-state index < -0.39 is 6.10 Å². The summed E-state index contributed by atoms with van der Waals surface area (Å²) < 4.78 is 6.82. The van der Waals surface area contributed by atoms with Crippen LogP contribution in [-0.2, 0) is 0 Å². The molecule has 1 aliphatic rings. The topological polar surface area (TPSA) is 41.5 Å². The molecule has 1 saturated carbocycles. The molecule has 1 fully saturated rings. The molecule has 18 heavy (non-hydrogen) atoms. The molecule has 0 spiro atoms. The van der Waals surface area contributed by atoms with E-state index in [9.17, 15) is 5.11 Å². The van der Waals surface area contributed by atoms with Crippen LogP contribution in [0.25, 0.3) is 0 Å². The monoisotopic (exact) mass is 313 g/mol. The Morgan fingerprint density at radius 1 is 1.50 bits per heavy atom. The number of hydrogen-bond acceptors (Lipinski definition) is 3. The highest BCUT2D eigenvalue weighted by Gasteiger charge is 2.19. The molecular formula is C14H20BrNO2. The van der Waals surface area contributed by atoms with Crippen LogP contribution in [0.3, 0.4) is 0 Å².